The molecule has 0 aromatic carbocycles. The Morgan fingerprint density at radius 1 is 1.56 bits per heavy atom. The van der Waals surface area contributed by atoms with E-state index in [1.54, 1.807) is 11.0 Å². The van der Waals surface area contributed by atoms with Crippen molar-refractivity contribution in [2.24, 2.45) is 0 Å². The van der Waals surface area contributed by atoms with Crippen LogP contribution in [0.3, 0.4) is 0 Å². The number of aromatic nitrogens is 1. The molecule has 0 radical (unpaired) electrons. The molecule has 1 aromatic heterocycles. The van der Waals surface area contributed by atoms with E-state index in [-0.39, 0.29) is 24.5 Å². The SMILES string of the molecule is CCN1Cc2nc(OC)c(CNC(=O)CC3CNCCO3)cc2C1=O. The van der Waals surface area contributed by atoms with E-state index in [1.807, 2.05) is 6.92 Å². The lowest BCUT2D eigenvalue weighted by molar-refractivity contribution is -0.124. The summed E-state index contributed by atoms with van der Waals surface area (Å²) in [5.41, 5.74) is 2.01. The van der Waals surface area contributed by atoms with Gasteiger partial charge in [-0.3, -0.25) is 9.59 Å². The number of nitrogens with zero attached hydrogens (tertiary/aromatic N) is 2. The van der Waals surface area contributed by atoms with Crippen LogP contribution in [0.2, 0.25) is 0 Å². The molecule has 3 rings (SSSR count). The summed E-state index contributed by atoms with van der Waals surface area (Å²) in [6.07, 6.45) is 0.199. The fourth-order valence-corrected chi connectivity index (χ4v) is 3.08. The minimum Gasteiger partial charge on any atom is -0.481 e. The number of carbonyl (C=O) groups is 2. The van der Waals surface area contributed by atoms with Crippen LogP contribution < -0.4 is 15.4 Å². The highest BCUT2D eigenvalue weighted by molar-refractivity contribution is 5.98. The Bertz CT molecular complexity index is 658. The number of nitrogens with one attached hydrogen (secondary N) is 2. The smallest absolute Gasteiger partial charge is 0.256 e. The van der Waals surface area contributed by atoms with E-state index < -0.39 is 0 Å². The van der Waals surface area contributed by atoms with Crippen LogP contribution in [0.4, 0.5) is 0 Å². The van der Waals surface area contributed by atoms with Crippen molar-refractivity contribution in [3.63, 3.8) is 0 Å². The summed E-state index contributed by atoms with van der Waals surface area (Å²) in [5.74, 6) is 0.319. The van der Waals surface area contributed by atoms with Crippen molar-refractivity contribution in [3.05, 3.63) is 22.9 Å². The number of morpholine rings is 1. The summed E-state index contributed by atoms with van der Waals surface area (Å²) in [6, 6.07) is 1.78. The maximum atomic E-state index is 12.3. The van der Waals surface area contributed by atoms with Crippen LogP contribution in [0, 0.1) is 0 Å². The molecule has 25 heavy (non-hydrogen) atoms. The van der Waals surface area contributed by atoms with E-state index >= 15 is 0 Å². The van der Waals surface area contributed by atoms with Gasteiger partial charge in [0.25, 0.3) is 5.91 Å². The molecule has 2 aliphatic rings. The molecule has 8 nitrogen and oxygen atoms in total. The normalized spacial score (nSPS) is 19.7. The van der Waals surface area contributed by atoms with Crippen LogP contribution in [0.15, 0.2) is 6.07 Å². The first-order valence-corrected chi connectivity index (χ1v) is 8.57. The molecule has 0 saturated carbocycles. The second-order valence-corrected chi connectivity index (χ2v) is 6.15. The molecule has 1 aromatic rings. The number of amides is 2. The third kappa shape index (κ3) is 3.91. The Labute approximate surface area is 146 Å². The molecule has 0 aliphatic carbocycles. The Balaban J connectivity index is 1.65. The molecule has 3 heterocycles. The number of pyridine rings is 1. The summed E-state index contributed by atoms with van der Waals surface area (Å²) in [4.78, 5) is 30.6. The average molecular weight is 348 g/mol. The monoisotopic (exact) mass is 348 g/mol. The topological polar surface area (TPSA) is 92.8 Å². The van der Waals surface area contributed by atoms with Gasteiger partial charge in [0.15, 0.2) is 0 Å². The van der Waals surface area contributed by atoms with Gasteiger partial charge in [0.05, 0.1) is 44.0 Å². The van der Waals surface area contributed by atoms with Gasteiger partial charge in [-0.2, -0.15) is 0 Å². The summed E-state index contributed by atoms with van der Waals surface area (Å²) in [5, 5.41) is 6.06. The lowest BCUT2D eigenvalue weighted by Gasteiger charge is -2.23. The standard InChI is InChI=1S/C17H24N4O4/c1-3-21-10-14-13(17(21)23)6-11(16(20-14)24-2)8-19-15(22)7-12-9-18-4-5-25-12/h6,12,18H,3-5,7-10H2,1-2H3,(H,19,22). The minimum atomic E-state index is -0.103. The second kappa shape index (κ2) is 7.79. The van der Waals surface area contributed by atoms with Crippen molar-refractivity contribution >= 4 is 11.8 Å². The number of hydrogen-bond acceptors (Lipinski definition) is 6. The maximum absolute atomic E-state index is 12.3. The van der Waals surface area contributed by atoms with Crippen LogP contribution in [-0.2, 0) is 22.6 Å². The summed E-state index contributed by atoms with van der Waals surface area (Å²) < 4.78 is 10.9. The van der Waals surface area contributed by atoms with Gasteiger partial charge >= 0.3 is 0 Å². The third-order valence-corrected chi connectivity index (χ3v) is 4.47. The highest BCUT2D eigenvalue weighted by Gasteiger charge is 2.29. The first-order chi connectivity index (χ1) is 12.1. The zero-order valence-corrected chi connectivity index (χ0v) is 14.6. The zero-order chi connectivity index (χ0) is 17.8. The molecule has 0 bridgehead atoms. The molecule has 1 fully saturated rings. The molecule has 1 unspecified atom stereocenters. The first-order valence-electron chi connectivity index (χ1n) is 8.57. The van der Waals surface area contributed by atoms with E-state index in [0.717, 1.165) is 12.2 Å². The molecule has 2 N–H and O–H groups in total. The molecule has 8 heteroatoms. The van der Waals surface area contributed by atoms with Gasteiger partial charge in [0.1, 0.15) is 0 Å². The fourth-order valence-electron chi connectivity index (χ4n) is 3.08. The molecule has 1 atom stereocenters. The van der Waals surface area contributed by atoms with Crippen molar-refractivity contribution in [1.29, 1.82) is 0 Å². The van der Waals surface area contributed by atoms with Gasteiger partial charge in [-0.05, 0) is 13.0 Å². The van der Waals surface area contributed by atoms with Crippen LogP contribution in [-0.4, -0.2) is 61.2 Å². The largest absolute Gasteiger partial charge is 0.481 e. The van der Waals surface area contributed by atoms with Gasteiger partial charge in [-0.25, -0.2) is 4.98 Å². The van der Waals surface area contributed by atoms with E-state index in [9.17, 15) is 9.59 Å². The van der Waals surface area contributed by atoms with E-state index in [1.165, 1.54) is 7.11 Å². The van der Waals surface area contributed by atoms with Crippen LogP contribution in [0.5, 0.6) is 5.88 Å². The second-order valence-electron chi connectivity index (χ2n) is 6.15. The van der Waals surface area contributed by atoms with E-state index in [4.69, 9.17) is 9.47 Å². The number of fused-ring (bicyclic) bond motifs is 1. The molecule has 136 valence electrons. The minimum absolute atomic E-state index is 0.0260. The van der Waals surface area contributed by atoms with Crippen molar-refractivity contribution in [2.45, 2.75) is 32.5 Å². The maximum Gasteiger partial charge on any atom is 0.256 e. The van der Waals surface area contributed by atoms with Crippen molar-refractivity contribution in [1.82, 2.24) is 20.5 Å². The lowest BCUT2D eigenvalue weighted by atomic mass is 10.1. The molecule has 0 spiro atoms. The Morgan fingerprint density at radius 3 is 3.08 bits per heavy atom. The number of methoxy groups -OCH3 is 1. The van der Waals surface area contributed by atoms with Gasteiger partial charge in [0, 0.05) is 31.7 Å². The van der Waals surface area contributed by atoms with Gasteiger partial charge in [-0.15, -0.1) is 0 Å². The summed E-state index contributed by atoms with van der Waals surface area (Å²) >= 11 is 0. The molecule has 1 saturated heterocycles. The molecule has 2 amide bonds. The Hall–Kier alpha value is -2.19. The molecular weight excluding hydrogens is 324 g/mol. The van der Waals surface area contributed by atoms with Crippen molar-refractivity contribution in [2.75, 3.05) is 33.4 Å². The van der Waals surface area contributed by atoms with E-state index in [2.05, 4.69) is 15.6 Å². The van der Waals surface area contributed by atoms with Crippen LogP contribution in [0.25, 0.3) is 0 Å². The van der Waals surface area contributed by atoms with Gasteiger partial charge in [0.2, 0.25) is 11.8 Å². The van der Waals surface area contributed by atoms with Gasteiger partial charge < -0.3 is 25.0 Å². The average Bonchev–Trinajstić information content (AvgIpc) is 2.95. The zero-order valence-electron chi connectivity index (χ0n) is 14.6. The van der Waals surface area contributed by atoms with Crippen LogP contribution >= 0.6 is 0 Å². The quantitative estimate of drug-likeness (QED) is 0.755. The third-order valence-electron chi connectivity index (χ3n) is 4.47. The van der Waals surface area contributed by atoms with Crippen molar-refractivity contribution in [3.8, 4) is 5.88 Å². The molecule has 2 aliphatic heterocycles. The lowest BCUT2D eigenvalue weighted by Crippen LogP contribution is -2.41. The van der Waals surface area contributed by atoms with Crippen molar-refractivity contribution < 1.29 is 19.1 Å². The highest BCUT2D eigenvalue weighted by Crippen LogP contribution is 2.26. The highest BCUT2D eigenvalue weighted by atomic mass is 16.5. The Kier molecular flexibility index (Phi) is 5.50. The summed E-state index contributed by atoms with van der Waals surface area (Å²) in [7, 11) is 1.54. The Morgan fingerprint density at radius 2 is 2.40 bits per heavy atom. The number of rotatable bonds is 6. The van der Waals surface area contributed by atoms with Gasteiger partial charge in [-0.1, -0.05) is 0 Å². The number of hydrogen-bond donors (Lipinski definition) is 2. The van der Waals surface area contributed by atoms with E-state index in [0.29, 0.717) is 49.7 Å². The molecular formula is C17H24N4O4. The van der Waals surface area contributed by atoms with Crippen LogP contribution in [0.1, 0.15) is 35.0 Å². The summed E-state index contributed by atoms with van der Waals surface area (Å²) in [6.45, 7) is 5.46. The number of ether oxygens (including phenoxy) is 2. The fraction of sp³-hybridized carbons (Fsp3) is 0.588. The predicted molar refractivity (Wildman–Crippen MR) is 90.3 cm³/mol. The predicted octanol–water partition coefficient (Wildman–Crippen LogP) is 0.0606. The first kappa shape index (κ1) is 17.6. The number of carbonyl (C=O) groups excluding carboxylic acids is 2.